The van der Waals surface area contributed by atoms with Crippen molar-refractivity contribution in [3.63, 3.8) is 0 Å². The molecule has 1 amide bonds. The summed E-state index contributed by atoms with van der Waals surface area (Å²) in [6, 6.07) is 3.27. The number of rotatable bonds is 2. The number of nitrogens with one attached hydrogen (secondary N) is 1. The highest BCUT2D eigenvalue weighted by molar-refractivity contribution is 5.89. The third-order valence-corrected chi connectivity index (χ3v) is 2.71. The van der Waals surface area contributed by atoms with E-state index in [-0.39, 0.29) is 16.5 Å². The molecule has 0 aromatic heterocycles. The maximum atomic E-state index is 10.9. The predicted molar refractivity (Wildman–Crippen MR) is 59.4 cm³/mol. The quantitative estimate of drug-likeness (QED) is 0.612. The number of hydrogen-bond donors (Lipinski definition) is 1. The smallest absolute Gasteiger partial charge is 0.274 e. The zero-order valence-electron chi connectivity index (χ0n) is 8.95. The molecular formula is C11H12N2O3. The van der Waals surface area contributed by atoms with Crippen molar-refractivity contribution in [2.24, 2.45) is 0 Å². The number of hydrogen-bond acceptors (Lipinski definition) is 3. The van der Waals surface area contributed by atoms with Crippen LogP contribution in [0.1, 0.15) is 24.5 Å². The van der Waals surface area contributed by atoms with Gasteiger partial charge in [-0.3, -0.25) is 14.9 Å². The molecule has 0 spiro atoms. The van der Waals surface area contributed by atoms with Gasteiger partial charge in [0.25, 0.3) is 5.69 Å². The summed E-state index contributed by atoms with van der Waals surface area (Å²) in [5, 5.41) is 13.5. The van der Waals surface area contributed by atoms with Crippen LogP contribution in [-0.2, 0) is 17.6 Å². The van der Waals surface area contributed by atoms with Gasteiger partial charge in [0, 0.05) is 24.2 Å². The molecule has 0 atom stereocenters. The van der Waals surface area contributed by atoms with Gasteiger partial charge < -0.3 is 5.32 Å². The van der Waals surface area contributed by atoms with Gasteiger partial charge in [-0.05, 0) is 30.9 Å². The van der Waals surface area contributed by atoms with E-state index in [1.165, 1.54) is 13.0 Å². The third kappa shape index (κ3) is 1.88. The minimum Gasteiger partial charge on any atom is -0.326 e. The zero-order chi connectivity index (χ0) is 11.7. The van der Waals surface area contributed by atoms with Crippen LogP contribution >= 0.6 is 0 Å². The highest BCUT2D eigenvalue weighted by atomic mass is 16.6. The van der Waals surface area contributed by atoms with Crippen molar-refractivity contribution in [1.29, 1.82) is 0 Å². The summed E-state index contributed by atoms with van der Waals surface area (Å²) in [6.07, 6.45) is 2.55. The molecule has 1 N–H and O–H groups in total. The van der Waals surface area contributed by atoms with Gasteiger partial charge in [-0.1, -0.05) is 0 Å². The Kier molecular flexibility index (Phi) is 2.60. The second kappa shape index (κ2) is 3.92. The van der Waals surface area contributed by atoms with E-state index in [1.54, 1.807) is 0 Å². The van der Waals surface area contributed by atoms with E-state index in [1.807, 2.05) is 6.07 Å². The molecule has 0 heterocycles. The van der Waals surface area contributed by atoms with Crippen LogP contribution in [0.25, 0.3) is 0 Å². The maximum absolute atomic E-state index is 10.9. The average Bonchev–Trinajstić information content (AvgIpc) is 2.62. The molecule has 5 nitrogen and oxygen atoms in total. The first-order valence-electron chi connectivity index (χ1n) is 5.15. The normalized spacial score (nSPS) is 13.3. The average molecular weight is 220 g/mol. The van der Waals surface area contributed by atoms with Gasteiger partial charge in [0.2, 0.25) is 5.91 Å². The molecule has 84 valence electrons. The molecular weight excluding hydrogens is 208 g/mol. The van der Waals surface area contributed by atoms with E-state index < -0.39 is 0 Å². The molecule has 5 heteroatoms. The number of anilines is 1. The van der Waals surface area contributed by atoms with Gasteiger partial charge in [0.15, 0.2) is 0 Å². The standard InChI is InChI=1S/C11H12N2O3/c1-7(14)12-9-5-8-3-2-4-10(8)11(6-9)13(15)16/h5-6H,2-4H2,1H3,(H,12,14). The molecule has 0 unspecified atom stereocenters. The highest BCUT2D eigenvalue weighted by Gasteiger charge is 2.23. The fourth-order valence-corrected chi connectivity index (χ4v) is 2.12. The number of nitro groups is 1. The summed E-state index contributed by atoms with van der Waals surface area (Å²) in [6.45, 7) is 1.39. The van der Waals surface area contributed by atoms with Crippen LogP contribution in [0.4, 0.5) is 11.4 Å². The number of benzene rings is 1. The Morgan fingerprint density at radius 2 is 2.19 bits per heavy atom. The van der Waals surface area contributed by atoms with Crippen LogP contribution < -0.4 is 5.32 Å². The van der Waals surface area contributed by atoms with Crippen molar-refractivity contribution < 1.29 is 9.72 Å². The van der Waals surface area contributed by atoms with Crippen molar-refractivity contribution in [3.8, 4) is 0 Å². The first-order chi connectivity index (χ1) is 7.58. The SMILES string of the molecule is CC(=O)Nc1cc2c(c([N+](=O)[O-])c1)CCC2. The second-order valence-electron chi connectivity index (χ2n) is 3.92. The van der Waals surface area contributed by atoms with Crippen LogP contribution in [0.5, 0.6) is 0 Å². The fraction of sp³-hybridized carbons (Fsp3) is 0.364. The Morgan fingerprint density at radius 3 is 2.81 bits per heavy atom. The van der Waals surface area contributed by atoms with Crippen molar-refractivity contribution in [2.45, 2.75) is 26.2 Å². The molecule has 0 bridgehead atoms. The number of carbonyl (C=O) groups excluding carboxylic acids is 1. The van der Waals surface area contributed by atoms with Gasteiger partial charge in [-0.15, -0.1) is 0 Å². The molecule has 0 saturated heterocycles. The summed E-state index contributed by atoms with van der Waals surface area (Å²) in [5.41, 5.74) is 2.44. The Morgan fingerprint density at radius 1 is 1.44 bits per heavy atom. The topological polar surface area (TPSA) is 72.2 Å². The molecule has 1 aromatic carbocycles. The fourth-order valence-electron chi connectivity index (χ4n) is 2.12. The number of nitrogens with zero attached hydrogens (tertiary/aromatic N) is 1. The Labute approximate surface area is 92.6 Å². The molecule has 1 aliphatic rings. The second-order valence-corrected chi connectivity index (χ2v) is 3.92. The molecule has 1 aromatic rings. The molecule has 16 heavy (non-hydrogen) atoms. The van der Waals surface area contributed by atoms with Crippen molar-refractivity contribution in [2.75, 3.05) is 5.32 Å². The lowest BCUT2D eigenvalue weighted by atomic mass is 10.1. The predicted octanol–water partition coefficient (Wildman–Crippen LogP) is 2.04. The molecule has 2 rings (SSSR count). The van der Waals surface area contributed by atoms with Crippen molar-refractivity contribution in [1.82, 2.24) is 0 Å². The van der Waals surface area contributed by atoms with E-state index in [0.717, 1.165) is 30.4 Å². The minimum absolute atomic E-state index is 0.124. The number of carbonyl (C=O) groups is 1. The Bertz CT molecular complexity index is 469. The van der Waals surface area contributed by atoms with E-state index in [2.05, 4.69) is 5.32 Å². The maximum Gasteiger partial charge on any atom is 0.274 e. The molecule has 0 radical (unpaired) electrons. The van der Waals surface area contributed by atoms with Crippen LogP contribution in [0.3, 0.4) is 0 Å². The molecule has 0 fully saturated rings. The summed E-state index contributed by atoms with van der Waals surface area (Å²) in [5.74, 6) is -0.216. The van der Waals surface area contributed by atoms with Gasteiger partial charge in [0.1, 0.15) is 0 Å². The first kappa shape index (κ1) is 10.6. The first-order valence-corrected chi connectivity index (χ1v) is 5.15. The van der Waals surface area contributed by atoms with Crippen LogP contribution in [0.2, 0.25) is 0 Å². The lowest BCUT2D eigenvalue weighted by molar-refractivity contribution is -0.385. The molecule has 0 saturated carbocycles. The molecule has 1 aliphatic carbocycles. The monoisotopic (exact) mass is 220 g/mol. The summed E-state index contributed by atoms with van der Waals surface area (Å²) in [4.78, 5) is 21.4. The number of nitro benzene ring substituents is 1. The zero-order valence-corrected chi connectivity index (χ0v) is 8.95. The highest BCUT2D eigenvalue weighted by Crippen LogP contribution is 2.33. The largest absolute Gasteiger partial charge is 0.326 e. The van der Waals surface area contributed by atoms with Crippen LogP contribution in [-0.4, -0.2) is 10.8 Å². The van der Waals surface area contributed by atoms with Gasteiger partial charge >= 0.3 is 0 Å². The summed E-state index contributed by atoms with van der Waals surface area (Å²) < 4.78 is 0. The number of amides is 1. The third-order valence-electron chi connectivity index (χ3n) is 2.71. The summed E-state index contributed by atoms with van der Waals surface area (Å²) >= 11 is 0. The van der Waals surface area contributed by atoms with Gasteiger partial charge in [-0.2, -0.15) is 0 Å². The number of fused-ring (bicyclic) bond motifs is 1. The van der Waals surface area contributed by atoms with E-state index in [0.29, 0.717) is 5.69 Å². The number of aryl methyl sites for hydroxylation is 1. The Balaban J connectivity index is 2.47. The van der Waals surface area contributed by atoms with E-state index in [4.69, 9.17) is 0 Å². The molecule has 0 aliphatic heterocycles. The van der Waals surface area contributed by atoms with Crippen LogP contribution in [0, 0.1) is 10.1 Å². The van der Waals surface area contributed by atoms with E-state index in [9.17, 15) is 14.9 Å². The van der Waals surface area contributed by atoms with Gasteiger partial charge in [0.05, 0.1) is 4.92 Å². The van der Waals surface area contributed by atoms with Gasteiger partial charge in [-0.25, -0.2) is 0 Å². The van der Waals surface area contributed by atoms with Crippen molar-refractivity contribution in [3.05, 3.63) is 33.4 Å². The lowest BCUT2D eigenvalue weighted by Crippen LogP contribution is -2.07. The lowest BCUT2D eigenvalue weighted by Gasteiger charge is -2.06. The van der Waals surface area contributed by atoms with E-state index >= 15 is 0 Å². The minimum atomic E-state index is -0.379. The van der Waals surface area contributed by atoms with Crippen LogP contribution in [0.15, 0.2) is 12.1 Å². The Hall–Kier alpha value is -1.91. The summed E-state index contributed by atoms with van der Waals surface area (Å²) in [7, 11) is 0. The van der Waals surface area contributed by atoms with Crippen molar-refractivity contribution >= 4 is 17.3 Å².